The number of carbonyl (C=O) groups is 2. The first-order chi connectivity index (χ1) is 15.8. The summed E-state index contributed by atoms with van der Waals surface area (Å²) in [6, 6.07) is 11.8. The van der Waals surface area contributed by atoms with Crippen LogP contribution in [0.2, 0.25) is 5.02 Å². The van der Waals surface area contributed by atoms with Crippen molar-refractivity contribution in [3.05, 3.63) is 58.4 Å². The van der Waals surface area contributed by atoms with E-state index in [0.717, 1.165) is 5.56 Å². The number of piperidine rings is 1. The molecule has 0 aliphatic carbocycles. The average Bonchev–Trinajstić information content (AvgIpc) is 2.84. The minimum Gasteiger partial charge on any atom is -0.477 e. The molecule has 9 heteroatoms. The third kappa shape index (κ3) is 4.74. The number of likely N-dealkylation sites (tertiary alicyclic amines) is 1. The Labute approximate surface area is 196 Å². The summed E-state index contributed by atoms with van der Waals surface area (Å²) in [7, 11) is 1.51. The monoisotopic (exact) mass is 470 g/mol. The molecule has 2 aromatic rings. The molecule has 2 aromatic carbocycles. The molecule has 2 N–H and O–H groups in total. The second-order valence-corrected chi connectivity index (χ2v) is 8.82. The van der Waals surface area contributed by atoms with Gasteiger partial charge in [-0.05, 0) is 49.1 Å². The van der Waals surface area contributed by atoms with Crippen LogP contribution in [0.15, 0.2) is 36.4 Å². The molecule has 2 aliphatic rings. The molecule has 0 saturated carbocycles. The van der Waals surface area contributed by atoms with Crippen LogP contribution in [0, 0.1) is 22.6 Å². The van der Waals surface area contributed by atoms with E-state index in [1.165, 1.54) is 25.2 Å². The number of amides is 2. The Morgan fingerprint density at radius 3 is 2.64 bits per heavy atom. The van der Waals surface area contributed by atoms with Gasteiger partial charge in [-0.25, -0.2) is 4.39 Å². The summed E-state index contributed by atoms with van der Waals surface area (Å²) in [5, 5.41) is 15.8. The van der Waals surface area contributed by atoms with Gasteiger partial charge in [0, 0.05) is 20.1 Å². The molecule has 1 saturated heterocycles. The highest BCUT2D eigenvalue weighted by atomic mass is 35.5. The number of ether oxygens (including phenoxy) is 1. The van der Waals surface area contributed by atoms with Crippen LogP contribution in [0.1, 0.15) is 28.8 Å². The molecular formula is C24H24ClFN4O3. The van der Waals surface area contributed by atoms with Crippen LogP contribution in [-0.4, -0.2) is 49.5 Å². The molecular weight excluding hydrogens is 447 g/mol. The summed E-state index contributed by atoms with van der Waals surface area (Å²) in [6.45, 7) is 1.14. The van der Waals surface area contributed by atoms with Crippen molar-refractivity contribution in [2.45, 2.75) is 25.4 Å². The van der Waals surface area contributed by atoms with Crippen molar-refractivity contribution in [2.75, 3.05) is 32.0 Å². The number of hydrogen-bond donors (Lipinski definition) is 2. The third-order valence-electron chi connectivity index (χ3n) is 6.29. The molecule has 2 heterocycles. The number of rotatable bonds is 4. The fourth-order valence-electron chi connectivity index (χ4n) is 4.31. The molecule has 0 aromatic heterocycles. The minimum absolute atomic E-state index is 0.169. The van der Waals surface area contributed by atoms with E-state index < -0.39 is 11.5 Å². The first-order valence-corrected chi connectivity index (χ1v) is 11.1. The van der Waals surface area contributed by atoms with Gasteiger partial charge in [-0.3, -0.25) is 9.59 Å². The van der Waals surface area contributed by atoms with Crippen LogP contribution in [0.5, 0.6) is 5.75 Å². The number of fused-ring (bicyclic) bond motifs is 1. The van der Waals surface area contributed by atoms with E-state index in [0.29, 0.717) is 48.8 Å². The Hall–Kier alpha value is -3.31. The van der Waals surface area contributed by atoms with Crippen LogP contribution in [0.25, 0.3) is 0 Å². The second kappa shape index (κ2) is 9.28. The van der Waals surface area contributed by atoms with Crippen molar-refractivity contribution in [2.24, 2.45) is 5.41 Å². The van der Waals surface area contributed by atoms with E-state index in [1.807, 2.05) is 0 Å². The lowest BCUT2D eigenvalue weighted by Gasteiger charge is -2.39. The molecule has 172 valence electrons. The second-order valence-electron chi connectivity index (χ2n) is 8.42. The van der Waals surface area contributed by atoms with Crippen LogP contribution >= 0.6 is 11.6 Å². The molecule has 1 atom stereocenters. The number of nitriles is 1. The largest absolute Gasteiger partial charge is 0.477 e. The summed E-state index contributed by atoms with van der Waals surface area (Å²) in [5.41, 5.74) is 1.20. The topological polar surface area (TPSA) is 94.5 Å². The van der Waals surface area contributed by atoms with E-state index in [1.54, 1.807) is 23.1 Å². The maximum Gasteiger partial charge on any atom is 0.265 e. The smallest absolute Gasteiger partial charge is 0.265 e. The number of nitrogens with zero attached hydrogens (tertiary/aromatic N) is 2. The highest BCUT2D eigenvalue weighted by Gasteiger charge is 2.39. The summed E-state index contributed by atoms with van der Waals surface area (Å²) >= 11 is 6.19. The normalized spacial score (nSPS) is 18.8. The van der Waals surface area contributed by atoms with Gasteiger partial charge in [-0.15, -0.1) is 0 Å². The molecule has 0 spiro atoms. The zero-order chi connectivity index (χ0) is 23.6. The molecule has 0 bridgehead atoms. The number of benzene rings is 2. The summed E-state index contributed by atoms with van der Waals surface area (Å²) in [5.74, 6) is -0.428. The van der Waals surface area contributed by atoms with Gasteiger partial charge in [0.05, 0.1) is 34.3 Å². The highest BCUT2D eigenvalue weighted by molar-refractivity contribution is 6.34. The predicted molar refractivity (Wildman–Crippen MR) is 122 cm³/mol. The number of nitrogens with one attached hydrogen (secondary N) is 2. The van der Waals surface area contributed by atoms with Gasteiger partial charge >= 0.3 is 0 Å². The van der Waals surface area contributed by atoms with Gasteiger partial charge in [-0.1, -0.05) is 23.7 Å². The van der Waals surface area contributed by atoms with Crippen molar-refractivity contribution >= 4 is 29.1 Å². The average molecular weight is 471 g/mol. The van der Waals surface area contributed by atoms with Gasteiger partial charge in [0.1, 0.15) is 11.6 Å². The van der Waals surface area contributed by atoms with Gasteiger partial charge in [0.25, 0.3) is 11.8 Å². The van der Waals surface area contributed by atoms with Crippen molar-refractivity contribution in [3.63, 3.8) is 0 Å². The van der Waals surface area contributed by atoms with Crippen LogP contribution in [0.4, 0.5) is 10.1 Å². The fraction of sp³-hybridized carbons (Fsp3) is 0.375. The molecule has 2 aliphatic heterocycles. The molecule has 1 fully saturated rings. The van der Waals surface area contributed by atoms with Crippen molar-refractivity contribution in [1.82, 2.24) is 10.2 Å². The Kier molecular flexibility index (Phi) is 6.43. The van der Waals surface area contributed by atoms with Gasteiger partial charge in [-0.2, -0.15) is 5.26 Å². The maximum atomic E-state index is 13.2. The number of hydrogen-bond acceptors (Lipinski definition) is 5. The molecule has 0 radical (unpaired) electrons. The lowest BCUT2D eigenvalue weighted by Crippen LogP contribution is -2.51. The molecule has 33 heavy (non-hydrogen) atoms. The lowest BCUT2D eigenvalue weighted by molar-refractivity contribution is -0.140. The number of anilines is 1. The lowest BCUT2D eigenvalue weighted by atomic mass is 9.75. The van der Waals surface area contributed by atoms with E-state index in [-0.39, 0.29) is 29.7 Å². The van der Waals surface area contributed by atoms with E-state index >= 15 is 0 Å². The molecule has 4 rings (SSSR count). The summed E-state index contributed by atoms with van der Waals surface area (Å²) in [4.78, 5) is 26.9. The molecule has 2 amide bonds. The van der Waals surface area contributed by atoms with Crippen molar-refractivity contribution < 1.29 is 18.7 Å². The maximum absolute atomic E-state index is 13.2. The minimum atomic E-state index is -0.747. The van der Waals surface area contributed by atoms with Gasteiger partial charge in [0.15, 0.2) is 6.10 Å². The van der Waals surface area contributed by atoms with Gasteiger partial charge in [0.2, 0.25) is 0 Å². The van der Waals surface area contributed by atoms with E-state index in [2.05, 4.69) is 16.7 Å². The molecule has 1 unspecified atom stereocenters. The number of halogens is 2. The van der Waals surface area contributed by atoms with E-state index in [4.69, 9.17) is 16.3 Å². The summed E-state index contributed by atoms with van der Waals surface area (Å²) < 4.78 is 19.1. The van der Waals surface area contributed by atoms with Crippen molar-refractivity contribution in [1.29, 1.82) is 5.26 Å². The van der Waals surface area contributed by atoms with Crippen LogP contribution in [0.3, 0.4) is 0 Å². The highest BCUT2D eigenvalue weighted by Crippen LogP contribution is 2.37. The SMILES string of the molecule is CNC(=O)c1cc2c(cc1Cl)NCC(C(=O)N1CCC(C#N)(Cc3ccc(F)cc3)CC1)O2. The number of carbonyl (C=O) groups excluding carboxylic acids is 2. The van der Waals surface area contributed by atoms with E-state index in [9.17, 15) is 19.2 Å². The first kappa shape index (κ1) is 22.9. The zero-order valence-corrected chi connectivity index (χ0v) is 18.9. The third-order valence-corrected chi connectivity index (χ3v) is 6.60. The predicted octanol–water partition coefficient (Wildman–Crippen LogP) is 3.39. The Bertz CT molecular complexity index is 1110. The first-order valence-electron chi connectivity index (χ1n) is 10.7. The Balaban J connectivity index is 1.41. The Morgan fingerprint density at radius 2 is 2.00 bits per heavy atom. The summed E-state index contributed by atoms with van der Waals surface area (Å²) in [6.07, 6.45) is 0.825. The zero-order valence-electron chi connectivity index (χ0n) is 18.2. The quantitative estimate of drug-likeness (QED) is 0.714. The van der Waals surface area contributed by atoms with Crippen LogP contribution < -0.4 is 15.4 Å². The van der Waals surface area contributed by atoms with Gasteiger partial charge < -0.3 is 20.3 Å². The van der Waals surface area contributed by atoms with Crippen molar-refractivity contribution in [3.8, 4) is 11.8 Å². The Morgan fingerprint density at radius 1 is 1.30 bits per heavy atom. The van der Waals surface area contributed by atoms with Crippen LogP contribution in [-0.2, 0) is 11.2 Å². The standard InChI is InChI=1S/C24H24ClFN4O3/c1-28-22(31)17-10-20-19(11-18(17)25)29-13-21(33-20)23(32)30-8-6-24(14-27,7-9-30)12-15-2-4-16(26)5-3-15/h2-5,10-11,21,29H,6-9,12-13H2,1H3,(H,28,31). The fourth-order valence-corrected chi connectivity index (χ4v) is 4.56. The molecule has 7 nitrogen and oxygen atoms in total.